The fraction of sp³-hybridized carbons (Fsp3) is 0.238. The second-order valence-electron chi connectivity index (χ2n) is 6.64. The number of carbonyl (C=O) groups excluding carboxylic acids is 1. The van der Waals surface area contributed by atoms with Gasteiger partial charge in [0, 0.05) is 29.5 Å². The van der Waals surface area contributed by atoms with Crippen LogP contribution in [0.25, 0.3) is 5.82 Å². The van der Waals surface area contributed by atoms with Crippen LogP contribution in [0.3, 0.4) is 0 Å². The molecule has 3 aromatic rings. The Kier molecular flexibility index (Phi) is 4.99. The van der Waals surface area contributed by atoms with Crippen LogP contribution >= 0.6 is 0 Å². The number of hydrogen-bond acceptors (Lipinski definition) is 6. The third-order valence-electron chi connectivity index (χ3n) is 4.81. The standard InChI is InChI=1S/C21H21N5O3/c1-4-11-29-16-8-6-5-7-14(16)15-12-18(27)22-21-20(15)13(2)25-26(21)17-9-10-19(28-3)24-23-17/h4-10,15H,1,11-12H2,2-3H3,(H,22,27). The lowest BCUT2D eigenvalue weighted by atomic mass is 9.85. The summed E-state index contributed by atoms with van der Waals surface area (Å²) in [6.07, 6.45) is 2.00. The smallest absolute Gasteiger partial charge is 0.233 e. The number of aryl methyl sites for hydroxylation is 1. The van der Waals surface area contributed by atoms with Gasteiger partial charge in [0.05, 0.1) is 12.8 Å². The first-order chi connectivity index (χ1) is 14.1. The fourth-order valence-electron chi connectivity index (χ4n) is 3.56. The summed E-state index contributed by atoms with van der Waals surface area (Å²) in [6.45, 7) is 6.02. The molecular weight excluding hydrogens is 370 g/mol. The highest BCUT2D eigenvalue weighted by Crippen LogP contribution is 2.42. The number of para-hydroxylation sites is 1. The van der Waals surface area contributed by atoms with Gasteiger partial charge in [-0.15, -0.1) is 10.2 Å². The van der Waals surface area contributed by atoms with E-state index in [-0.39, 0.29) is 11.8 Å². The summed E-state index contributed by atoms with van der Waals surface area (Å²) in [5.41, 5.74) is 2.69. The first-order valence-electron chi connectivity index (χ1n) is 9.22. The number of fused-ring (bicyclic) bond motifs is 1. The molecular formula is C21H21N5O3. The summed E-state index contributed by atoms with van der Waals surface area (Å²) in [4.78, 5) is 12.6. The van der Waals surface area contributed by atoms with Gasteiger partial charge in [-0.2, -0.15) is 9.78 Å². The van der Waals surface area contributed by atoms with Crippen LogP contribution in [0.4, 0.5) is 5.82 Å². The number of ether oxygens (including phenoxy) is 2. The lowest BCUT2D eigenvalue weighted by Gasteiger charge is -2.25. The van der Waals surface area contributed by atoms with Crippen LogP contribution in [0.1, 0.15) is 29.2 Å². The molecule has 1 atom stereocenters. The van der Waals surface area contributed by atoms with E-state index >= 15 is 0 Å². The molecule has 0 saturated carbocycles. The highest BCUT2D eigenvalue weighted by atomic mass is 16.5. The van der Waals surface area contributed by atoms with Gasteiger partial charge in [0.2, 0.25) is 11.8 Å². The highest BCUT2D eigenvalue weighted by molar-refractivity contribution is 5.95. The third-order valence-corrected chi connectivity index (χ3v) is 4.81. The predicted octanol–water partition coefficient (Wildman–Crippen LogP) is 3.02. The molecule has 8 nitrogen and oxygen atoms in total. The van der Waals surface area contributed by atoms with Crippen LogP contribution in [-0.2, 0) is 4.79 Å². The van der Waals surface area contributed by atoms with E-state index in [9.17, 15) is 4.79 Å². The average molecular weight is 391 g/mol. The molecule has 1 aromatic carbocycles. The van der Waals surface area contributed by atoms with Crippen LogP contribution < -0.4 is 14.8 Å². The summed E-state index contributed by atoms with van der Waals surface area (Å²) in [7, 11) is 1.53. The van der Waals surface area contributed by atoms with Crippen molar-refractivity contribution in [3.63, 3.8) is 0 Å². The summed E-state index contributed by atoms with van der Waals surface area (Å²) in [6, 6.07) is 11.2. The Morgan fingerprint density at radius 3 is 2.83 bits per heavy atom. The maximum Gasteiger partial charge on any atom is 0.233 e. The molecule has 0 spiro atoms. The van der Waals surface area contributed by atoms with Gasteiger partial charge in [0.25, 0.3) is 0 Å². The summed E-state index contributed by atoms with van der Waals surface area (Å²) < 4.78 is 12.5. The van der Waals surface area contributed by atoms with Gasteiger partial charge in [0.15, 0.2) is 5.82 Å². The van der Waals surface area contributed by atoms with Crippen LogP contribution in [0, 0.1) is 6.92 Å². The number of nitrogens with zero attached hydrogens (tertiary/aromatic N) is 4. The number of hydrogen-bond donors (Lipinski definition) is 1. The molecule has 0 radical (unpaired) electrons. The summed E-state index contributed by atoms with van der Waals surface area (Å²) >= 11 is 0. The largest absolute Gasteiger partial charge is 0.489 e. The number of rotatable bonds is 6. The minimum atomic E-state index is -0.181. The fourth-order valence-corrected chi connectivity index (χ4v) is 3.56. The predicted molar refractivity (Wildman–Crippen MR) is 108 cm³/mol. The number of aromatic nitrogens is 4. The number of methoxy groups -OCH3 is 1. The quantitative estimate of drug-likeness (QED) is 0.650. The van der Waals surface area contributed by atoms with Gasteiger partial charge >= 0.3 is 0 Å². The molecule has 148 valence electrons. The maximum absolute atomic E-state index is 12.6. The molecule has 1 N–H and O–H groups in total. The Hall–Kier alpha value is -3.68. The first kappa shape index (κ1) is 18.7. The van der Waals surface area contributed by atoms with E-state index < -0.39 is 0 Å². The minimum Gasteiger partial charge on any atom is -0.489 e. The molecule has 8 heteroatoms. The molecule has 0 fully saturated rings. The average Bonchev–Trinajstić information content (AvgIpc) is 3.08. The van der Waals surface area contributed by atoms with Crippen LogP contribution in [0.15, 0.2) is 49.1 Å². The van der Waals surface area contributed by atoms with E-state index in [4.69, 9.17) is 9.47 Å². The van der Waals surface area contributed by atoms with Crippen molar-refractivity contribution in [2.24, 2.45) is 0 Å². The van der Waals surface area contributed by atoms with Gasteiger partial charge < -0.3 is 14.8 Å². The zero-order valence-electron chi connectivity index (χ0n) is 16.3. The Morgan fingerprint density at radius 1 is 1.28 bits per heavy atom. The van der Waals surface area contributed by atoms with Crippen molar-refractivity contribution >= 4 is 11.7 Å². The molecule has 1 unspecified atom stereocenters. The Balaban J connectivity index is 1.81. The van der Waals surface area contributed by atoms with Crippen molar-refractivity contribution in [3.05, 3.63) is 65.9 Å². The van der Waals surface area contributed by atoms with Crippen molar-refractivity contribution in [2.75, 3.05) is 19.0 Å². The molecule has 1 aliphatic rings. The normalized spacial score (nSPS) is 15.4. The van der Waals surface area contributed by atoms with Crippen molar-refractivity contribution < 1.29 is 14.3 Å². The number of amides is 1. The minimum absolute atomic E-state index is 0.0938. The SMILES string of the molecule is C=CCOc1ccccc1C1CC(=O)Nc2c1c(C)nn2-c1ccc(OC)nn1. The van der Waals surface area contributed by atoms with Gasteiger partial charge in [-0.1, -0.05) is 30.9 Å². The van der Waals surface area contributed by atoms with E-state index in [0.717, 1.165) is 22.6 Å². The summed E-state index contributed by atoms with van der Waals surface area (Å²) in [5, 5.41) is 15.7. The monoisotopic (exact) mass is 391 g/mol. The van der Waals surface area contributed by atoms with Crippen LogP contribution in [-0.4, -0.2) is 39.6 Å². The van der Waals surface area contributed by atoms with Gasteiger partial charge in [-0.3, -0.25) is 4.79 Å². The number of anilines is 1. The second-order valence-corrected chi connectivity index (χ2v) is 6.64. The second kappa shape index (κ2) is 7.75. The lowest BCUT2D eigenvalue weighted by Crippen LogP contribution is -2.25. The maximum atomic E-state index is 12.6. The van der Waals surface area contributed by atoms with Gasteiger partial charge in [-0.05, 0) is 19.1 Å². The van der Waals surface area contributed by atoms with Gasteiger partial charge in [-0.25, -0.2) is 0 Å². The molecule has 0 aliphatic carbocycles. The first-order valence-corrected chi connectivity index (χ1v) is 9.22. The van der Waals surface area contributed by atoms with Crippen molar-refractivity contribution in [2.45, 2.75) is 19.3 Å². The third kappa shape index (κ3) is 3.44. The molecule has 0 saturated heterocycles. The van der Waals surface area contributed by atoms with E-state index in [1.54, 1.807) is 22.9 Å². The van der Waals surface area contributed by atoms with E-state index in [1.165, 1.54) is 7.11 Å². The Morgan fingerprint density at radius 2 is 2.10 bits per heavy atom. The number of carbonyl (C=O) groups is 1. The molecule has 2 aromatic heterocycles. The number of nitrogens with one attached hydrogen (secondary N) is 1. The molecule has 1 aliphatic heterocycles. The van der Waals surface area contributed by atoms with Crippen LogP contribution in [0.2, 0.25) is 0 Å². The topological polar surface area (TPSA) is 91.2 Å². The van der Waals surface area contributed by atoms with E-state index in [0.29, 0.717) is 30.5 Å². The molecule has 3 heterocycles. The number of benzene rings is 1. The Labute approximate surface area is 168 Å². The van der Waals surface area contributed by atoms with Crippen molar-refractivity contribution in [3.8, 4) is 17.4 Å². The van der Waals surface area contributed by atoms with Crippen molar-refractivity contribution in [1.29, 1.82) is 0 Å². The molecule has 4 rings (SSSR count). The summed E-state index contributed by atoms with van der Waals surface area (Å²) in [5.74, 6) is 1.95. The van der Waals surface area contributed by atoms with Gasteiger partial charge in [0.1, 0.15) is 18.2 Å². The highest BCUT2D eigenvalue weighted by Gasteiger charge is 2.34. The van der Waals surface area contributed by atoms with E-state index in [1.807, 2.05) is 31.2 Å². The molecule has 29 heavy (non-hydrogen) atoms. The Bertz CT molecular complexity index is 1060. The van der Waals surface area contributed by atoms with Crippen LogP contribution in [0.5, 0.6) is 11.6 Å². The van der Waals surface area contributed by atoms with E-state index in [2.05, 4.69) is 27.2 Å². The lowest BCUT2D eigenvalue weighted by molar-refractivity contribution is -0.116. The van der Waals surface area contributed by atoms with Crippen molar-refractivity contribution in [1.82, 2.24) is 20.0 Å². The molecule has 0 bridgehead atoms. The zero-order valence-corrected chi connectivity index (χ0v) is 16.3. The zero-order chi connectivity index (χ0) is 20.4. The molecule has 1 amide bonds.